The van der Waals surface area contributed by atoms with E-state index >= 15 is 0 Å². The number of hydrogen-bond acceptors (Lipinski definition) is 3. The van der Waals surface area contributed by atoms with Crippen LogP contribution in [0.4, 0.5) is 0 Å². The lowest BCUT2D eigenvalue weighted by atomic mass is 10.1. The van der Waals surface area contributed by atoms with Crippen molar-refractivity contribution in [2.24, 2.45) is 0 Å². The summed E-state index contributed by atoms with van der Waals surface area (Å²) in [4.78, 5) is 2.28. The first-order valence-electron chi connectivity index (χ1n) is 21.0. The number of hydrogen-bond donors (Lipinski definition) is 0. The highest BCUT2D eigenvalue weighted by molar-refractivity contribution is 5.06. The van der Waals surface area contributed by atoms with Gasteiger partial charge in [0, 0.05) is 19.3 Å². The number of nitrogens with zero attached hydrogens (tertiary/aromatic N) is 1. The smallest absolute Gasteiger partial charge is 0.240 e. The maximum Gasteiger partial charge on any atom is 0.240 e. The van der Waals surface area contributed by atoms with Crippen LogP contribution in [0.3, 0.4) is 0 Å². The van der Waals surface area contributed by atoms with Gasteiger partial charge in [0.05, 0.1) is 0 Å². The third kappa shape index (κ3) is 29.2. The molecule has 0 amide bonds. The minimum Gasteiger partial charge on any atom is -0.456 e. The zero-order valence-corrected chi connectivity index (χ0v) is 32.7. The summed E-state index contributed by atoms with van der Waals surface area (Å²) in [6.07, 6.45) is 55.2. The van der Waals surface area contributed by atoms with Gasteiger partial charge in [-0.2, -0.15) is 0 Å². The van der Waals surface area contributed by atoms with Gasteiger partial charge >= 0.3 is 0 Å². The maximum absolute atomic E-state index is 6.42. The molecule has 1 unspecified atom stereocenters. The molecule has 278 valence electrons. The third-order valence-corrected chi connectivity index (χ3v) is 9.36. The lowest BCUT2D eigenvalue weighted by molar-refractivity contribution is -0.0486. The van der Waals surface area contributed by atoms with E-state index in [1.165, 1.54) is 166 Å². The van der Waals surface area contributed by atoms with Crippen LogP contribution >= 0.6 is 0 Å². The molecule has 0 saturated heterocycles. The number of ether oxygens (including phenoxy) is 2. The van der Waals surface area contributed by atoms with Crippen LogP contribution in [0.15, 0.2) is 60.1 Å². The molecule has 0 saturated carbocycles. The first-order valence-corrected chi connectivity index (χ1v) is 21.0. The summed E-state index contributed by atoms with van der Waals surface area (Å²) in [5.41, 5.74) is 0. The molecule has 0 fully saturated rings. The molecule has 0 bridgehead atoms. The van der Waals surface area contributed by atoms with Crippen LogP contribution in [0.25, 0.3) is 0 Å². The Morgan fingerprint density at radius 2 is 0.812 bits per heavy atom. The number of unbranched alkanes of at least 4 members (excludes halogenated alkanes) is 19. The molecular formula is C45H81NO2. The molecule has 48 heavy (non-hydrogen) atoms. The number of allylic oxidation sites excluding steroid dienone is 10. The Labute approximate surface area is 300 Å². The summed E-state index contributed by atoms with van der Waals surface area (Å²) >= 11 is 0. The highest BCUT2D eigenvalue weighted by atomic mass is 16.7. The number of rotatable bonds is 35. The summed E-state index contributed by atoms with van der Waals surface area (Å²) in [6.45, 7) is 5.68. The van der Waals surface area contributed by atoms with E-state index in [2.05, 4.69) is 81.5 Å². The molecule has 0 aromatic carbocycles. The van der Waals surface area contributed by atoms with Crippen molar-refractivity contribution in [1.29, 1.82) is 0 Å². The highest BCUT2D eigenvalue weighted by Crippen LogP contribution is 2.32. The standard InChI is InChI=1S/C45H81NO2/c1-5-7-9-11-13-15-17-19-21-23-25-27-29-31-33-35-39-43-44(40-37-38-42-46(3)4)48-45(47-43)41-36-34-32-30-28-26-24-22-20-18-16-14-12-10-8-6-2/h13-16,19-22,45H,5-12,17-18,23-42H2,1-4H3/b15-13-,16-14-,21-19-,22-20-. The molecule has 1 rings (SSSR count). The van der Waals surface area contributed by atoms with Crippen molar-refractivity contribution in [3.63, 3.8) is 0 Å². The van der Waals surface area contributed by atoms with Crippen LogP contribution in [-0.2, 0) is 9.47 Å². The second-order valence-electron chi connectivity index (χ2n) is 14.5. The van der Waals surface area contributed by atoms with Gasteiger partial charge in [0.2, 0.25) is 6.29 Å². The van der Waals surface area contributed by atoms with Crippen molar-refractivity contribution < 1.29 is 9.47 Å². The Morgan fingerprint density at radius 1 is 0.438 bits per heavy atom. The molecule has 0 aromatic heterocycles. The Morgan fingerprint density at radius 3 is 1.25 bits per heavy atom. The third-order valence-electron chi connectivity index (χ3n) is 9.36. The Balaban J connectivity index is 2.14. The van der Waals surface area contributed by atoms with E-state index in [9.17, 15) is 0 Å². The van der Waals surface area contributed by atoms with Gasteiger partial charge in [0.15, 0.2) is 0 Å². The van der Waals surface area contributed by atoms with Crippen LogP contribution < -0.4 is 0 Å². The van der Waals surface area contributed by atoms with Crippen LogP contribution in [0.5, 0.6) is 0 Å². The van der Waals surface area contributed by atoms with Crippen molar-refractivity contribution in [1.82, 2.24) is 4.90 Å². The largest absolute Gasteiger partial charge is 0.456 e. The monoisotopic (exact) mass is 668 g/mol. The van der Waals surface area contributed by atoms with Crippen molar-refractivity contribution in [2.75, 3.05) is 20.6 Å². The van der Waals surface area contributed by atoms with E-state index in [0.717, 1.165) is 38.6 Å². The lowest BCUT2D eigenvalue weighted by Gasteiger charge is -2.12. The van der Waals surface area contributed by atoms with Crippen molar-refractivity contribution >= 4 is 0 Å². The molecule has 1 atom stereocenters. The van der Waals surface area contributed by atoms with Gasteiger partial charge in [0.25, 0.3) is 0 Å². The molecule has 1 aliphatic heterocycles. The predicted molar refractivity (Wildman–Crippen MR) is 213 cm³/mol. The molecular weight excluding hydrogens is 587 g/mol. The Hall–Kier alpha value is -1.74. The van der Waals surface area contributed by atoms with Crippen LogP contribution in [0, 0.1) is 0 Å². The fourth-order valence-corrected chi connectivity index (χ4v) is 6.27. The summed E-state index contributed by atoms with van der Waals surface area (Å²) < 4.78 is 12.8. The zero-order chi connectivity index (χ0) is 34.6. The van der Waals surface area contributed by atoms with Crippen molar-refractivity contribution in [3.8, 4) is 0 Å². The minimum absolute atomic E-state index is 0.0423. The summed E-state index contributed by atoms with van der Waals surface area (Å²) in [6, 6.07) is 0. The lowest BCUT2D eigenvalue weighted by Crippen LogP contribution is -2.12. The van der Waals surface area contributed by atoms with Gasteiger partial charge < -0.3 is 14.4 Å². The molecule has 0 spiro atoms. The van der Waals surface area contributed by atoms with Gasteiger partial charge in [-0.15, -0.1) is 0 Å². The van der Waals surface area contributed by atoms with E-state index in [4.69, 9.17) is 9.47 Å². The molecule has 1 aliphatic rings. The highest BCUT2D eigenvalue weighted by Gasteiger charge is 2.26. The normalized spacial score (nSPS) is 15.4. The average molecular weight is 668 g/mol. The Bertz CT molecular complexity index is 836. The maximum atomic E-state index is 6.42. The van der Waals surface area contributed by atoms with Gasteiger partial charge in [-0.3, -0.25) is 0 Å². The average Bonchev–Trinajstić information content (AvgIpc) is 3.47. The fraction of sp³-hybridized carbons (Fsp3) is 0.778. The topological polar surface area (TPSA) is 21.7 Å². The molecule has 3 heteroatoms. The predicted octanol–water partition coefficient (Wildman–Crippen LogP) is 14.7. The van der Waals surface area contributed by atoms with Crippen LogP contribution in [0.2, 0.25) is 0 Å². The summed E-state index contributed by atoms with van der Waals surface area (Å²) in [5.74, 6) is 2.34. The zero-order valence-electron chi connectivity index (χ0n) is 32.7. The molecule has 3 nitrogen and oxygen atoms in total. The van der Waals surface area contributed by atoms with Crippen molar-refractivity contribution in [3.05, 3.63) is 60.1 Å². The van der Waals surface area contributed by atoms with E-state index in [-0.39, 0.29) is 6.29 Å². The Kier molecular flexibility index (Phi) is 32.4. The van der Waals surface area contributed by atoms with Crippen LogP contribution in [-0.4, -0.2) is 31.8 Å². The van der Waals surface area contributed by atoms with Crippen molar-refractivity contribution in [2.45, 2.75) is 206 Å². The van der Waals surface area contributed by atoms with Gasteiger partial charge in [-0.1, -0.05) is 140 Å². The van der Waals surface area contributed by atoms with E-state index in [0.29, 0.717) is 0 Å². The summed E-state index contributed by atoms with van der Waals surface area (Å²) in [5, 5.41) is 0. The quantitative estimate of drug-likeness (QED) is 0.0496. The van der Waals surface area contributed by atoms with E-state index in [1.54, 1.807) is 0 Å². The molecule has 0 N–H and O–H groups in total. The molecule has 0 radical (unpaired) electrons. The first-order chi connectivity index (χ1) is 23.7. The first kappa shape index (κ1) is 44.3. The SMILES string of the molecule is CCCCC/C=C\C/C=C\CCCCCCCCC1=C(CCCCN(C)C)OC(CCCCCCCC/C=C\C/C=C\CCCCC)O1. The van der Waals surface area contributed by atoms with Gasteiger partial charge in [0.1, 0.15) is 11.5 Å². The van der Waals surface area contributed by atoms with Crippen LogP contribution in [0.1, 0.15) is 200 Å². The summed E-state index contributed by atoms with van der Waals surface area (Å²) in [7, 11) is 4.32. The molecule has 0 aromatic rings. The van der Waals surface area contributed by atoms with E-state index < -0.39 is 0 Å². The second-order valence-corrected chi connectivity index (χ2v) is 14.5. The van der Waals surface area contributed by atoms with Gasteiger partial charge in [-0.05, 0) is 111 Å². The molecule has 0 aliphatic carbocycles. The van der Waals surface area contributed by atoms with E-state index in [1.807, 2.05) is 0 Å². The molecule has 1 heterocycles. The minimum atomic E-state index is -0.0423. The fourth-order valence-electron chi connectivity index (χ4n) is 6.27. The second kappa shape index (κ2) is 35.1. The van der Waals surface area contributed by atoms with Gasteiger partial charge in [-0.25, -0.2) is 0 Å².